The SMILES string of the molecule is O=C1CCC(N2Cc3c(ccc(-c4cc(CCl)ccn4)c3F)C2=O)C(=O)N1. The average molecular weight is 388 g/mol. The van der Waals surface area contributed by atoms with Crippen molar-refractivity contribution in [2.45, 2.75) is 31.3 Å². The fourth-order valence-corrected chi connectivity index (χ4v) is 3.67. The van der Waals surface area contributed by atoms with Gasteiger partial charge < -0.3 is 4.90 Å². The van der Waals surface area contributed by atoms with Crippen LogP contribution in [-0.4, -0.2) is 33.6 Å². The number of benzene rings is 1. The first-order valence-corrected chi connectivity index (χ1v) is 9.00. The lowest BCUT2D eigenvalue weighted by Gasteiger charge is -2.29. The highest BCUT2D eigenvalue weighted by atomic mass is 35.5. The zero-order valence-corrected chi connectivity index (χ0v) is 14.9. The molecule has 2 aliphatic rings. The summed E-state index contributed by atoms with van der Waals surface area (Å²) in [6.07, 6.45) is 1.94. The first kappa shape index (κ1) is 17.6. The van der Waals surface area contributed by atoms with Gasteiger partial charge in [0.05, 0.1) is 12.2 Å². The predicted octanol–water partition coefficient (Wildman–Crippen LogP) is 2.39. The molecule has 138 valence electrons. The van der Waals surface area contributed by atoms with Crippen molar-refractivity contribution in [3.8, 4) is 11.3 Å². The van der Waals surface area contributed by atoms with Crippen LogP contribution in [0, 0.1) is 5.82 Å². The lowest BCUT2D eigenvalue weighted by Crippen LogP contribution is -2.52. The summed E-state index contributed by atoms with van der Waals surface area (Å²) in [5.74, 6) is -1.55. The Hall–Kier alpha value is -2.80. The standard InChI is InChI=1S/C19H15ClFN3O3/c20-8-10-5-6-22-14(7-10)12-2-1-11-13(17(12)21)9-24(19(11)27)15-3-4-16(25)23-18(15)26/h1-2,5-7,15H,3-4,8-9H2,(H,23,25,26). The molecular formula is C19H15ClFN3O3. The van der Waals surface area contributed by atoms with Crippen molar-refractivity contribution in [1.82, 2.24) is 15.2 Å². The molecule has 0 radical (unpaired) electrons. The summed E-state index contributed by atoms with van der Waals surface area (Å²) in [7, 11) is 0. The molecule has 27 heavy (non-hydrogen) atoms. The Morgan fingerprint density at radius 3 is 2.74 bits per heavy atom. The summed E-state index contributed by atoms with van der Waals surface area (Å²) in [5.41, 5.74) is 1.98. The van der Waals surface area contributed by atoms with Gasteiger partial charge in [-0.2, -0.15) is 0 Å². The van der Waals surface area contributed by atoms with Crippen LogP contribution < -0.4 is 5.32 Å². The fourth-order valence-electron chi connectivity index (χ4n) is 3.51. The zero-order chi connectivity index (χ0) is 19.1. The summed E-state index contributed by atoms with van der Waals surface area (Å²) in [6.45, 7) is -0.0185. The number of carbonyl (C=O) groups excluding carboxylic acids is 3. The largest absolute Gasteiger partial charge is 0.322 e. The van der Waals surface area contributed by atoms with E-state index in [0.29, 0.717) is 5.69 Å². The topological polar surface area (TPSA) is 79.4 Å². The van der Waals surface area contributed by atoms with E-state index >= 15 is 4.39 Å². The number of halogens is 2. The second-order valence-electron chi connectivity index (χ2n) is 6.54. The maximum Gasteiger partial charge on any atom is 0.255 e. The van der Waals surface area contributed by atoms with E-state index in [9.17, 15) is 14.4 Å². The first-order chi connectivity index (χ1) is 13.0. The summed E-state index contributed by atoms with van der Waals surface area (Å²) in [5, 5.41) is 2.23. The van der Waals surface area contributed by atoms with Crippen LogP contribution in [0.4, 0.5) is 4.39 Å². The molecule has 0 spiro atoms. The molecule has 1 saturated heterocycles. The second-order valence-corrected chi connectivity index (χ2v) is 6.80. The third kappa shape index (κ3) is 2.98. The number of imide groups is 1. The van der Waals surface area contributed by atoms with Gasteiger partial charge in [-0.25, -0.2) is 4.39 Å². The van der Waals surface area contributed by atoms with Gasteiger partial charge in [0.15, 0.2) is 0 Å². The predicted molar refractivity (Wildman–Crippen MR) is 95.2 cm³/mol. The number of rotatable bonds is 3. The van der Waals surface area contributed by atoms with Gasteiger partial charge in [-0.3, -0.25) is 24.7 Å². The van der Waals surface area contributed by atoms with E-state index in [0.717, 1.165) is 5.56 Å². The van der Waals surface area contributed by atoms with Crippen molar-refractivity contribution in [3.05, 3.63) is 53.0 Å². The van der Waals surface area contributed by atoms with Crippen LogP contribution in [-0.2, 0) is 22.0 Å². The highest BCUT2D eigenvalue weighted by Gasteiger charge is 2.40. The van der Waals surface area contributed by atoms with Crippen LogP contribution in [0.15, 0.2) is 30.5 Å². The van der Waals surface area contributed by atoms with Gasteiger partial charge in [0.25, 0.3) is 5.91 Å². The lowest BCUT2D eigenvalue weighted by molar-refractivity contribution is -0.136. The van der Waals surface area contributed by atoms with Gasteiger partial charge in [0, 0.05) is 35.2 Å². The minimum atomic E-state index is -0.775. The van der Waals surface area contributed by atoms with Crippen LogP contribution in [0.3, 0.4) is 0 Å². The third-order valence-corrected chi connectivity index (χ3v) is 5.21. The number of aromatic nitrogens is 1. The second kappa shape index (κ2) is 6.74. The molecule has 2 aromatic rings. The van der Waals surface area contributed by atoms with Crippen molar-refractivity contribution in [1.29, 1.82) is 0 Å². The number of hydrogen-bond donors (Lipinski definition) is 1. The molecule has 2 aliphatic heterocycles. The molecule has 8 heteroatoms. The maximum atomic E-state index is 15.2. The molecule has 3 amide bonds. The molecule has 1 aromatic carbocycles. The van der Waals surface area contributed by atoms with Gasteiger partial charge in [0.2, 0.25) is 11.8 Å². The molecule has 0 saturated carbocycles. The van der Waals surface area contributed by atoms with Gasteiger partial charge in [0.1, 0.15) is 11.9 Å². The Morgan fingerprint density at radius 1 is 1.22 bits per heavy atom. The molecule has 4 rings (SSSR count). The number of hydrogen-bond acceptors (Lipinski definition) is 4. The van der Waals surface area contributed by atoms with Crippen LogP contribution >= 0.6 is 11.6 Å². The minimum Gasteiger partial charge on any atom is -0.322 e. The van der Waals surface area contributed by atoms with Crippen molar-refractivity contribution in [2.75, 3.05) is 0 Å². The molecular weight excluding hydrogens is 373 g/mol. The Balaban J connectivity index is 1.68. The van der Waals surface area contributed by atoms with E-state index in [1.807, 2.05) is 0 Å². The van der Waals surface area contributed by atoms with Crippen molar-refractivity contribution in [3.63, 3.8) is 0 Å². The van der Waals surface area contributed by atoms with Crippen LogP contribution in [0.25, 0.3) is 11.3 Å². The van der Waals surface area contributed by atoms with E-state index in [-0.39, 0.29) is 47.9 Å². The summed E-state index contributed by atoms with van der Waals surface area (Å²) in [4.78, 5) is 41.6. The summed E-state index contributed by atoms with van der Waals surface area (Å²) in [6, 6.07) is 5.74. The highest BCUT2D eigenvalue weighted by Crippen LogP contribution is 2.34. The summed E-state index contributed by atoms with van der Waals surface area (Å²) < 4.78 is 15.2. The van der Waals surface area contributed by atoms with E-state index in [1.165, 1.54) is 11.0 Å². The first-order valence-electron chi connectivity index (χ1n) is 8.47. The monoisotopic (exact) mass is 387 g/mol. The number of fused-ring (bicyclic) bond motifs is 1. The molecule has 0 aliphatic carbocycles. The van der Waals surface area contributed by atoms with Crippen LogP contribution in [0.5, 0.6) is 0 Å². The van der Waals surface area contributed by atoms with E-state index < -0.39 is 23.7 Å². The maximum absolute atomic E-state index is 15.2. The van der Waals surface area contributed by atoms with Gasteiger partial charge in [-0.05, 0) is 36.2 Å². The van der Waals surface area contributed by atoms with Gasteiger partial charge in [-0.15, -0.1) is 11.6 Å². The normalized spacial score (nSPS) is 19.3. The highest BCUT2D eigenvalue weighted by molar-refractivity contribution is 6.17. The lowest BCUT2D eigenvalue weighted by atomic mass is 10.0. The number of nitrogens with zero attached hydrogens (tertiary/aromatic N) is 2. The fraction of sp³-hybridized carbons (Fsp3) is 0.263. The van der Waals surface area contributed by atoms with Crippen molar-refractivity contribution >= 4 is 29.3 Å². The Morgan fingerprint density at radius 2 is 2.00 bits per heavy atom. The van der Waals surface area contributed by atoms with Crippen molar-refractivity contribution < 1.29 is 18.8 Å². The molecule has 1 N–H and O–H groups in total. The van der Waals surface area contributed by atoms with E-state index in [1.54, 1.807) is 24.4 Å². The van der Waals surface area contributed by atoms with Crippen LogP contribution in [0.2, 0.25) is 0 Å². The van der Waals surface area contributed by atoms with Gasteiger partial charge >= 0.3 is 0 Å². The molecule has 1 atom stereocenters. The smallest absolute Gasteiger partial charge is 0.255 e. The molecule has 0 bridgehead atoms. The molecule has 1 fully saturated rings. The Labute approximate surface area is 159 Å². The summed E-state index contributed by atoms with van der Waals surface area (Å²) >= 11 is 5.83. The number of carbonyl (C=O) groups is 3. The number of alkyl halides is 1. The Kier molecular flexibility index (Phi) is 4.39. The molecule has 3 heterocycles. The minimum absolute atomic E-state index is 0.0185. The molecule has 1 aromatic heterocycles. The van der Waals surface area contributed by atoms with E-state index in [2.05, 4.69) is 10.3 Å². The number of nitrogens with one attached hydrogen (secondary N) is 1. The van der Waals surface area contributed by atoms with Crippen LogP contribution in [0.1, 0.15) is 34.3 Å². The number of piperidine rings is 1. The molecule has 1 unspecified atom stereocenters. The Bertz CT molecular complexity index is 979. The zero-order valence-electron chi connectivity index (χ0n) is 14.2. The average Bonchev–Trinajstić information content (AvgIpc) is 3.00. The quantitative estimate of drug-likeness (QED) is 0.648. The third-order valence-electron chi connectivity index (χ3n) is 4.90. The number of amides is 3. The van der Waals surface area contributed by atoms with Gasteiger partial charge in [-0.1, -0.05) is 0 Å². The molecule has 6 nitrogen and oxygen atoms in total. The number of pyridine rings is 1. The van der Waals surface area contributed by atoms with E-state index in [4.69, 9.17) is 11.6 Å². The van der Waals surface area contributed by atoms with Crippen molar-refractivity contribution in [2.24, 2.45) is 0 Å².